The van der Waals surface area contributed by atoms with Crippen molar-refractivity contribution in [3.8, 4) is 0 Å². The fraction of sp³-hybridized carbons (Fsp3) is 0.286. The molecule has 2 aromatic heterocycles. The molecule has 0 radical (unpaired) electrons. The number of fused-ring (bicyclic) bond motifs is 2. The lowest BCUT2D eigenvalue weighted by atomic mass is 10.1. The van der Waals surface area contributed by atoms with Gasteiger partial charge in [-0.05, 0) is 12.1 Å². The molecule has 114 valence electrons. The standard InChI is InChI=1S/C14H14N4O4/c15-1-3-17-11(19)7-5-9-10(6-8(7)12(17)20)14(22)18(4-2-16)13(9)21/h5-6H,1-4,15-16H2. The smallest absolute Gasteiger partial charge is 0.261 e. The molecule has 0 aliphatic carbocycles. The Kier molecular flexibility index (Phi) is 3.27. The van der Waals surface area contributed by atoms with E-state index < -0.39 is 22.2 Å². The Morgan fingerprint density at radius 2 is 0.909 bits per heavy atom. The van der Waals surface area contributed by atoms with E-state index in [-0.39, 0.29) is 47.7 Å². The number of hydrogen-bond acceptors (Lipinski definition) is 6. The average Bonchev–Trinajstić information content (AvgIpc) is 2.88. The van der Waals surface area contributed by atoms with Crippen LogP contribution in [0.4, 0.5) is 0 Å². The second-order valence-corrected chi connectivity index (χ2v) is 5.04. The largest absolute Gasteiger partial charge is 0.329 e. The first-order valence-electron chi connectivity index (χ1n) is 6.81. The van der Waals surface area contributed by atoms with Crippen LogP contribution in [0.1, 0.15) is 0 Å². The monoisotopic (exact) mass is 302 g/mol. The average molecular weight is 302 g/mol. The third kappa shape index (κ3) is 1.78. The van der Waals surface area contributed by atoms with Crippen molar-refractivity contribution >= 4 is 21.5 Å². The highest BCUT2D eigenvalue weighted by atomic mass is 16.2. The third-order valence-electron chi connectivity index (χ3n) is 3.77. The molecule has 1 aromatic carbocycles. The van der Waals surface area contributed by atoms with E-state index in [9.17, 15) is 19.2 Å². The summed E-state index contributed by atoms with van der Waals surface area (Å²) >= 11 is 0. The van der Waals surface area contributed by atoms with Gasteiger partial charge in [0.2, 0.25) is 0 Å². The fourth-order valence-corrected chi connectivity index (χ4v) is 2.74. The number of rotatable bonds is 4. The van der Waals surface area contributed by atoms with E-state index in [1.165, 1.54) is 12.1 Å². The normalized spacial score (nSPS) is 11.7. The van der Waals surface area contributed by atoms with Gasteiger partial charge in [-0.2, -0.15) is 0 Å². The van der Waals surface area contributed by atoms with E-state index in [0.717, 1.165) is 9.13 Å². The van der Waals surface area contributed by atoms with Crippen LogP contribution in [0.25, 0.3) is 21.5 Å². The maximum atomic E-state index is 12.2. The third-order valence-corrected chi connectivity index (χ3v) is 3.77. The molecule has 0 atom stereocenters. The first-order valence-corrected chi connectivity index (χ1v) is 6.81. The van der Waals surface area contributed by atoms with Gasteiger partial charge in [-0.25, -0.2) is 0 Å². The van der Waals surface area contributed by atoms with E-state index in [1.54, 1.807) is 0 Å². The molecule has 3 rings (SSSR count). The topological polar surface area (TPSA) is 130 Å². The van der Waals surface area contributed by atoms with E-state index >= 15 is 0 Å². The van der Waals surface area contributed by atoms with Gasteiger partial charge in [-0.3, -0.25) is 28.3 Å². The van der Waals surface area contributed by atoms with Gasteiger partial charge in [0.1, 0.15) is 0 Å². The molecule has 2 heterocycles. The van der Waals surface area contributed by atoms with Crippen molar-refractivity contribution in [2.45, 2.75) is 13.1 Å². The molecule has 0 fully saturated rings. The molecule has 0 aliphatic rings. The van der Waals surface area contributed by atoms with E-state index in [1.807, 2.05) is 0 Å². The maximum absolute atomic E-state index is 12.2. The van der Waals surface area contributed by atoms with Crippen molar-refractivity contribution in [1.82, 2.24) is 9.13 Å². The van der Waals surface area contributed by atoms with Crippen LogP contribution in [-0.4, -0.2) is 22.2 Å². The summed E-state index contributed by atoms with van der Waals surface area (Å²) < 4.78 is 2.04. The van der Waals surface area contributed by atoms with Crippen LogP contribution >= 0.6 is 0 Å². The highest BCUT2D eigenvalue weighted by molar-refractivity contribution is 5.97. The number of benzene rings is 1. The van der Waals surface area contributed by atoms with Crippen molar-refractivity contribution in [1.29, 1.82) is 0 Å². The Morgan fingerprint density at radius 3 is 1.14 bits per heavy atom. The Hall–Kier alpha value is -2.58. The molecular formula is C14H14N4O4. The Balaban J connectivity index is 2.47. The number of nitrogens with zero attached hydrogens (tertiary/aromatic N) is 2. The SMILES string of the molecule is NCCn1c(=O)c2cc3c(=O)n(CCN)c(=O)c3cc2c1=O. The number of aromatic nitrogens is 2. The number of nitrogens with two attached hydrogens (primary N) is 2. The minimum absolute atomic E-state index is 0.0954. The molecule has 0 unspecified atom stereocenters. The summed E-state index contributed by atoms with van der Waals surface area (Å²) in [5.41, 5.74) is 8.80. The Morgan fingerprint density at radius 1 is 0.636 bits per heavy atom. The zero-order valence-electron chi connectivity index (χ0n) is 11.7. The zero-order valence-corrected chi connectivity index (χ0v) is 11.7. The summed E-state index contributed by atoms with van der Waals surface area (Å²) in [6, 6.07) is 2.64. The minimum atomic E-state index is -0.495. The van der Waals surface area contributed by atoms with Crippen LogP contribution in [0.5, 0.6) is 0 Å². The van der Waals surface area contributed by atoms with Gasteiger partial charge in [0.25, 0.3) is 22.2 Å². The van der Waals surface area contributed by atoms with Gasteiger partial charge in [-0.15, -0.1) is 0 Å². The lowest BCUT2D eigenvalue weighted by molar-refractivity contribution is 0.675. The van der Waals surface area contributed by atoms with Crippen LogP contribution in [-0.2, 0) is 13.1 Å². The van der Waals surface area contributed by atoms with Gasteiger partial charge in [0, 0.05) is 26.2 Å². The molecule has 0 amide bonds. The van der Waals surface area contributed by atoms with Crippen LogP contribution in [0.3, 0.4) is 0 Å². The van der Waals surface area contributed by atoms with Crippen LogP contribution in [0.15, 0.2) is 31.3 Å². The number of hydrogen-bond donors (Lipinski definition) is 2. The predicted molar refractivity (Wildman–Crippen MR) is 83.0 cm³/mol. The molecule has 8 heteroatoms. The summed E-state index contributed by atoms with van der Waals surface area (Å²) in [4.78, 5) is 48.8. The summed E-state index contributed by atoms with van der Waals surface area (Å²) in [7, 11) is 0. The molecule has 0 aliphatic heterocycles. The van der Waals surface area contributed by atoms with Gasteiger partial charge >= 0.3 is 0 Å². The highest BCUT2D eigenvalue weighted by Gasteiger charge is 2.18. The molecule has 4 N–H and O–H groups in total. The zero-order chi connectivity index (χ0) is 16.0. The van der Waals surface area contributed by atoms with Crippen LogP contribution in [0, 0.1) is 0 Å². The lowest BCUT2D eigenvalue weighted by Gasteiger charge is -1.93. The Bertz CT molecular complexity index is 920. The van der Waals surface area contributed by atoms with E-state index in [2.05, 4.69) is 0 Å². The second-order valence-electron chi connectivity index (χ2n) is 5.04. The van der Waals surface area contributed by atoms with Crippen molar-refractivity contribution in [2.24, 2.45) is 11.5 Å². The summed E-state index contributed by atoms with van der Waals surface area (Å²) in [6.07, 6.45) is 0. The molecule has 0 spiro atoms. The first kappa shape index (κ1) is 14.4. The van der Waals surface area contributed by atoms with E-state index in [4.69, 9.17) is 11.5 Å². The van der Waals surface area contributed by atoms with Crippen LogP contribution < -0.4 is 33.7 Å². The summed E-state index contributed by atoms with van der Waals surface area (Å²) in [5, 5.41) is 0.529. The molecule has 0 saturated heterocycles. The highest BCUT2D eigenvalue weighted by Crippen LogP contribution is 2.14. The first-order chi connectivity index (χ1) is 10.5. The molecule has 8 nitrogen and oxygen atoms in total. The predicted octanol–water partition coefficient (Wildman–Crippen LogP) is -2.17. The molecular weight excluding hydrogens is 288 g/mol. The molecule has 0 saturated carbocycles. The van der Waals surface area contributed by atoms with Crippen molar-refractivity contribution in [3.63, 3.8) is 0 Å². The van der Waals surface area contributed by atoms with Gasteiger partial charge in [0.05, 0.1) is 21.5 Å². The summed E-state index contributed by atoms with van der Waals surface area (Å²) in [6.45, 7) is 0.483. The lowest BCUT2D eigenvalue weighted by Crippen LogP contribution is -2.29. The molecule has 22 heavy (non-hydrogen) atoms. The van der Waals surface area contributed by atoms with Gasteiger partial charge in [0.15, 0.2) is 0 Å². The quantitative estimate of drug-likeness (QED) is 0.564. The fourth-order valence-electron chi connectivity index (χ4n) is 2.74. The van der Waals surface area contributed by atoms with Crippen molar-refractivity contribution in [3.05, 3.63) is 53.5 Å². The Labute approximate surface area is 122 Å². The minimum Gasteiger partial charge on any atom is -0.329 e. The van der Waals surface area contributed by atoms with Gasteiger partial charge < -0.3 is 11.5 Å². The van der Waals surface area contributed by atoms with Gasteiger partial charge in [-0.1, -0.05) is 0 Å². The second kappa shape index (κ2) is 5.00. The molecule has 0 bridgehead atoms. The van der Waals surface area contributed by atoms with Crippen molar-refractivity contribution in [2.75, 3.05) is 13.1 Å². The molecule has 3 aromatic rings. The maximum Gasteiger partial charge on any atom is 0.261 e. The van der Waals surface area contributed by atoms with Crippen molar-refractivity contribution < 1.29 is 0 Å². The van der Waals surface area contributed by atoms with Crippen LogP contribution in [0.2, 0.25) is 0 Å². The summed E-state index contributed by atoms with van der Waals surface area (Å²) in [5.74, 6) is 0. The van der Waals surface area contributed by atoms with E-state index in [0.29, 0.717) is 0 Å².